The van der Waals surface area contributed by atoms with Crippen LogP contribution in [0.1, 0.15) is 0 Å². The molecule has 6 atom stereocenters. The summed E-state index contributed by atoms with van der Waals surface area (Å²) in [6.07, 6.45) is -5.73. The number of aliphatic hydroxyl groups excluding tert-OH is 4. The molecule has 0 aromatic carbocycles. The Kier molecular flexibility index (Phi) is 1.45. The fourth-order valence-electron chi connectivity index (χ4n) is 1.48. The SMILES string of the molecule is O[C@H]1[C@H](O)[C@H](O)[C@@H]2O[C@@H]2[C@H]1O. The smallest absolute Gasteiger partial charge is 0.115 e. The second kappa shape index (κ2) is 2.15. The lowest BCUT2D eigenvalue weighted by atomic mass is 9.90. The third-order valence-corrected chi connectivity index (χ3v) is 2.28. The van der Waals surface area contributed by atoms with Gasteiger partial charge in [0, 0.05) is 0 Å². The highest BCUT2D eigenvalue weighted by Gasteiger charge is 2.59. The van der Waals surface area contributed by atoms with Crippen LogP contribution in [-0.4, -0.2) is 57.0 Å². The van der Waals surface area contributed by atoms with Gasteiger partial charge in [0.1, 0.15) is 36.6 Å². The van der Waals surface area contributed by atoms with Crippen molar-refractivity contribution in [1.29, 1.82) is 0 Å². The molecule has 0 unspecified atom stereocenters. The molecule has 1 saturated carbocycles. The largest absolute Gasteiger partial charge is 0.387 e. The molecule has 4 N–H and O–H groups in total. The van der Waals surface area contributed by atoms with E-state index in [1.807, 2.05) is 0 Å². The zero-order chi connectivity index (χ0) is 8.17. The minimum Gasteiger partial charge on any atom is -0.387 e. The lowest BCUT2D eigenvalue weighted by molar-refractivity contribution is -0.121. The summed E-state index contributed by atoms with van der Waals surface area (Å²) in [7, 11) is 0. The van der Waals surface area contributed by atoms with Crippen molar-refractivity contribution in [3.63, 3.8) is 0 Å². The molecule has 0 aromatic heterocycles. The highest BCUT2D eigenvalue weighted by molar-refractivity contribution is 5.07. The van der Waals surface area contributed by atoms with Crippen molar-refractivity contribution >= 4 is 0 Å². The Bertz CT molecular complexity index is 154. The van der Waals surface area contributed by atoms with Gasteiger partial charge < -0.3 is 25.2 Å². The molecule has 1 aliphatic carbocycles. The van der Waals surface area contributed by atoms with E-state index in [4.69, 9.17) is 25.2 Å². The molecule has 0 radical (unpaired) electrons. The van der Waals surface area contributed by atoms with Crippen molar-refractivity contribution in [2.24, 2.45) is 0 Å². The van der Waals surface area contributed by atoms with E-state index in [9.17, 15) is 0 Å². The Morgan fingerprint density at radius 3 is 1.36 bits per heavy atom. The molecule has 2 fully saturated rings. The number of ether oxygens (including phenoxy) is 1. The van der Waals surface area contributed by atoms with Crippen molar-refractivity contribution in [2.45, 2.75) is 36.6 Å². The molecule has 1 heterocycles. The average molecular weight is 162 g/mol. The summed E-state index contributed by atoms with van der Waals surface area (Å²) in [4.78, 5) is 0. The van der Waals surface area contributed by atoms with Gasteiger partial charge in [0.2, 0.25) is 0 Å². The van der Waals surface area contributed by atoms with E-state index in [0.29, 0.717) is 0 Å². The minimum atomic E-state index is -1.30. The third-order valence-electron chi connectivity index (χ3n) is 2.28. The normalized spacial score (nSPS) is 62.2. The summed E-state index contributed by atoms with van der Waals surface area (Å²) in [6, 6.07) is 0. The lowest BCUT2D eigenvalue weighted by Gasteiger charge is -2.28. The Morgan fingerprint density at radius 2 is 1.00 bits per heavy atom. The van der Waals surface area contributed by atoms with Crippen molar-refractivity contribution < 1.29 is 25.2 Å². The molecule has 2 aliphatic rings. The highest BCUT2D eigenvalue weighted by Crippen LogP contribution is 2.37. The minimum absolute atomic E-state index is 0.497. The number of epoxide rings is 1. The Balaban J connectivity index is 2.13. The first-order chi connectivity index (χ1) is 5.13. The fourth-order valence-corrected chi connectivity index (χ4v) is 1.48. The average Bonchev–Trinajstić information content (AvgIpc) is 2.76. The maximum Gasteiger partial charge on any atom is 0.115 e. The number of hydrogen-bond acceptors (Lipinski definition) is 5. The molecular formula is C6H10O5. The maximum absolute atomic E-state index is 9.13. The van der Waals surface area contributed by atoms with Gasteiger partial charge in [-0.25, -0.2) is 0 Å². The predicted molar refractivity (Wildman–Crippen MR) is 32.7 cm³/mol. The van der Waals surface area contributed by atoms with Gasteiger partial charge in [0.15, 0.2) is 0 Å². The van der Waals surface area contributed by atoms with Gasteiger partial charge in [-0.05, 0) is 0 Å². The predicted octanol–water partition coefficient (Wildman–Crippen LogP) is -2.79. The van der Waals surface area contributed by atoms with Crippen LogP contribution in [-0.2, 0) is 4.74 Å². The Hall–Kier alpha value is -0.200. The lowest BCUT2D eigenvalue weighted by Crippen LogP contribution is -2.53. The third kappa shape index (κ3) is 0.896. The van der Waals surface area contributed by atoms with Crippen LogP contribution in [0.15, 0.2) is 0 Å². The molecule has 1 saturated heterocycles. The molecule has 1 aliphatic heterocycles. The van der Waals surface area contributed by atoms with Gasteiger partial charge in [-0.1, -0.05) is 0 Å². The first-order valence-electron chi connectivity index (χ1n) is 3.50. The molecule has 11 heavy (non-hydrogen) atoms. The maximum atomic E-state index is 9.13. The van der Waals surface area contributed by atoms with E-state index in [-0.39, 0.29) is 0 Å². The Morgan fingerprint density at radius 1 is 0.636 bits per heavy atom. The van der Waals surface area contributed by atoms with Crippen LogP contribution in [0, 0.1) is 0 Å². The van der Waals surface area contributed by atoms with Gasteiger partial charge >= 0.3 is 0 Å². The number of aliphatic hydroxyl groups is 4. The van der Waals surface area contributed by atoms with Crippen molar-refractivity contribution in [2.75, 3.05) is 0 Å². The van der Waals surface area contributed by atoms with Gasteiger partial charge in [0.25, 0.3) is 0 Å². The van der Waals surface area contributed by atoms with Gasteiger partial charge in [-0.3, -0.25) is 0 Å². The second-order valence-corrected chi connectivity index (χ2v) is 3.03. The van der Waals surface area contributed by atoms with Crippen LogP contribution in [0.2, 0.25) is 0 Å². The standard InChI is InChI=1S/C6H10O5/c7-1-2(8)4(10)6-5(11-6)3(1)9/h1-10H/t1-,2-,3-,4-,5-,6+/m0/s1. The van der Waals surface area contributed by atoms with E-state index in [1.54, 1.807) is 0 Å². The van der Waals surface area contributed by atoms with Crippen LogP contribution in [0.5, 0.6) is 0 Å². The topological polar surface area (TPSA) is 93.5 Å². The van der Waals surface area contributed by atoms with Crippen LogP contribution >= 0.6 is 0 Å². The molecule has 0 bridgehead atoms. The molecular weight excluding hydrogens is 152 g/mol. The van der Waals surface area contributed by atoms with E-state index >= 15 is 0 Å². The fraction of sp³-hybridized carbons (Fsp3) is 1.00. The summed E-state index contributed by atoms with van der Waals surface area (Å²) < 4.78 is 4.82. The van der Waals surface area contributed by atoms with E-state index in [2.05, 4.69) is 0 Å². The number of rotatable bonds is 0. The monoisotopic (exact) mass is 162 g/mol. The zero-order valence-corrected chi connectivity index (χ0v) is 5.66. The molecule has 0 spiro atoms. The molecule has 0 amide bonds. The van der Waals surface area contributed by atoms with E-state index in [1.165, 1.54) is 0 Å². The van der Waals surface area contributed by atoms with Crippen molar-refractivity contribution in [3.8, 4) is 0 Å². The van der Waals surface area contributed by atoms with Crippen LogP contribution in [0.4, 0.5) is 0 Å². The molecule has 2 rings (SSSR count). The Labute approximate surface area is 62.8 Å². The summed E-state index contributed by atoms with van der Waals surface area (Å²) >= 11 is 0. The number of hydrogen-bond donors (Lipinski definition) is 4. The zero-order valence-electron chi connectivity index (χ0n) is 5.66. The number of fused-ring (bicyclic) bond motifs is 1. The molecule has 0 aromatic rings. The van der Waals surface area contributed by atoms with Crippen LogP contribution < -0.4 is 0 Å². The summed E-state index contributed by atoms with van der Waals surface area (Å²) in [5.41, 5.74) is 0. The van der Waals surface area contributed by atoms with Crippen LogP contribution in [0.25, 0.3) is 0 Å². The molecule has 5 heteroatoms. The van der Waals surface area contributed by atoms with Crippen molar-refractivity contribution in [1.82, 2.24) is 0 Å². The highest BCUT2D eigenvalue weighted by atomic mass is 16.6. The summed E-state index contributed by atoms with van der Waals surface area (Å²) in [5, 5.41) is 36.4. The van der Waals surface area contributed by atoms with Gasteiger partial charge in [-0.15, -0.1) is 0 Å². The summed E-state index contributed by atoms with van der Waals surface area (Å²) in [5.74, 6) is 0. The van der Waals surface area contributed by atoms with Gasteiger partial charge in [0.05, 0.1) is 0 Å². The second-order valence-electron chi connectivity index (χ2n) is 3.03. The molecule has 64 valence electrons. The summed E-state index contributed by atoms with van der Waals surface area (Å²) in [6.45, 7) is 0. The van der Waals surface area contributed by atoms with Crippen molar-refractivity contribution in [3.05, 3.63) is 0 Å². The first kappa shape index (κ1) is 7.45. The molecule has 5 nitrogen and oxygen atoms in total. The van der Waals surface area contributed by atoms with Crippen LogP contribution in [0.3, 0.4) is 0 Å². The van der Waals surface area contributed by atoms with Gasteiger partial charge in [-0.2, -0.15) is 0 Å². The first-order valence-corrected chi connectivity index (χ1v) is 3.50. The quantitative estimate of drug-likeness (QED) is 0.289. The van der Waals surface area contributed by atoms with E-state index in [0.717, 1.165) is 0 Å². The van der Waals surface area contributed by atoms with E-state index < -0.39 is 36.6 Å².